The summed E-state index contributed by atoms with van der Waals surface area (Å²) in [5, 5.41) is 6.51. The molecule has 1 rings (SSSR count). The Bertz CT molecular complexity index is 206. The van der Waals surface area contributed by atoms with Crippen LogP contribution >= 0.6 is 12.4 Å². The predicted octanol–water partition coefficient (Wildman–Crippen LogP) is 2.49. The van der Waals surface area contributed by atoms with Gasteiger partial charge in [0, 0.05) is 12.0 Å². The summed E-state index contributed by atoms with van der Waals surface area (Å²) in [6.07, 6.45) is 6.52. The summed E-state index contributed by atoms with van der Waals surface area (Å²) in [4.78, 5) is 12.0. The van der Waals surface area contributed by atoms with Crippen molar-refractivity contribution in [1.29, 1.82) is 0 Å². The fourth-order valence-electron chi connectivity index (χ4n) is 2.26. The van der Waals surface area contributed by atoms with Crippen LogP contribution < -0.4 is 10.6 Å². The molecule has 1 unspecified atom stereocenters. The quantitative estimate of drug-likeness (QED) is 0.772. The van der Waals surface area contributed by atoms with E-state index < -0.39 is 0 Å². The van der Waals surface area contributed by atoms with Gasteiger partial charge in [-0.25, -0.2) is 0 Å². The van der Waals surface area contributed by atoms with Gasteiger partial charge in [0.05, 0.1) is 0 Å². The number of unbranched alkanes of at least 4 members (excludes halogenated alkanes) is 1. The number of hydrogen-bond donors (Lipinski definition) is 2. The summed E-state index contributed by atoms with van der Waals surface area (Å²) in [6.45, 7) is 6.37. The van der Waals surface area contributed by atoms with Gasteiger partial charge in [-0.1, -0.05) is 26.7 Å². The predicted molar refractivity (Wildman–Crippen MR) is 74.6 cm³/mol. The SMILES string of the molecule is CCCCC(CC)C(=O)NC1CCNCC1.Cl. The fourth-order valence-corrected chi connectivity index (χ4v) is 2.26. The summed E-state index contributed by atoms with van der Waals surface area (Å²) in [5.41, 5.74) is 0. The molecule has 0 aromatic heterocycles. The first-order valence-electron chi connectivity index (χ1n) is 6.79. The number of nitrogens with one attached hydrogen (secondary N) is 2. The number of carbonyl (C=O) groups is 1. The number of hydrogen-bond acceptors (Lipinski definition) is 2. The van der Waals surface area contributed by atoms with E-state index in [2.05, 4.69) is 24.5 Å². The lowest BCUT2D eigenvalue weighted by Gasteiger charge is -2.25. The third kappa shape index (κ3) is 6.27. The molecule has 1 heterocycles. The average molecular weight is 263 g/mol. The van der Waals surface area contributed by atoms with Crippen molar-refractivity contribution in [3.8, 4) is 0 Å². The molecule has 0 radical (unpaired) electrons. The summed E-state index contributed by atoms with van der Waals surface area (Å²) in [7, 11) is 0. The van der Waals surface area contributed by atoms with Gasteiger partial charge in [0.1, 0.15) is 0 Å². The smallest absolute Gasteiger partial charge is 0.223 e. The molecular formula is C13H27ClN2O. The van der Waals surface area contributed by atoms with Crippen LogP contribution in [0.3, 0.4) is 0 Å². The van der Waals surface area contributed by atoms with Crippen molar-refractivity contribution in [2.24, 2.45) is 5.92 Å². The van der Waals surface area contributed by atoms with E-state index in [-0.39, 0.29) is 24.2 Å². The molecule has 1 amide bonds. The zero-order chi connectivity index (χ0) is 11.8. The third-order valence-corrected chi connectivity index (χ3v) is 3.46. The number of carbonyl (C=O) groups excluding carboxylic acids is 1. The van der Waals surface area contributed by atoms with Crippen molar-refractivity contribution in [3.63, 3.8) is 0 Å². The molecule has 1 atom stereocenters. The van der Waals surface area contributed by atoms with Gasteiger partial charge in [0.15, 0.2) is 0 Å². The van der Waals surface area contributed by atoms with Gasteiger partial charge >= 0.3 is 0 Å². The minimum absolute atomic E-state index is 0. The van der Waals surface area contributed by atoms with Crippen LogP contribution in [-0.4, -0.2) is 25.0 Å². The maximum Gasteiger partial charge on any atom is 0.223 e. The topological polar surface area (TPSA) is 41.1 Å². The van der Waals surface area contributed by atoms with E-state index in [1.807, 2.05) is 0 Å². The lowest BCUT2D eigenvalue weighted by molar-refractivity contribution is -0.126. The van der Waals surface area contributed by atoms with E-state index in [0.29, 0.717) is 6.04 Å². The van der Waals surface area contributed by atoms with Gasteiger partial charge in [-0.2, -0.15) is 0 Å². The summed E-state index contributed by atoms with van der Waals surface area (Å²) in [5.74, 6) is 0.512. The molecule has 17 heavy (non-hydrogen) atoms. The first kappa shape index (κ1) is 16.7. The van der Waals surface area contributed by atoms with E-state index >= 15 is 0 Å². The highest BCUT2D eigenvalue weighted by Crippen LogP contribution is 2.14. The van der Waals surface area contributed by atoms with Crippen LogP contribution in [0.25, 0.3) is 0 Å². The summed E-state index contributed by atoms with van der Waals surface area (Å²) >= 11 is 0. The van der Waals surface area contributed by atoms with Crippen molar-refractivity contribution in [3.05, 3.63) is 0 Å². The molecule has 0 bridgehead atoms. The largest absolute Gasteiger partial charge is 0.353 e. The van der Waals surface area contributed by atoms with Gasteiger partial charge < -0.3 is 10.6 Å². The number of halogens is 1. The molecule has 0 aromatic carbocycles. The Hall–Kier alpha value is -0.280. The first-order valence-corrected chi connectivity index (χ1v) is 6.79. The maximum atomic E-state index is 12.0. The highest BCUT2D eigenvalue weighted by molar-refractivity contribution is 5.85. The van der Waals surface area contributed by atoms with Crippen LogP contribution in [0, 0.1) is 5.92 Å². The molecular weight excluding hydrogens is 236 g/mol. The number of piperidine rings is 1. The van der Waals surface area contributed by atoms with E-state index in [4.69, 9.17) is 0 Å². The van der Waals surface area contributed by atoms with Crippen molar-refractivity contribution in [2.45, 2.75) is 58.4 Å². The van der Waals surface area contributed by atoms with Gasteiger partial charge in [-0.3, -0.25) is 4.79 Å². The van der Waals surface area contributed by atoms with Crippen LogP contribution in [0.5, 0.6) is 0 Å². The normalized spacial score (nSPS) is 18.2. The van der Waals surface area contributed by atoms with Crippen LogP contribution in [-0.2, 0) is 4.79 Å². The van der Waals surface area contributed by atoms with Crippen molar-refractivity contribution < 1.29 is 4.79 Å². The van der Waals surface area contributed by atoms with Crippen molar-refractivity contribution >= 4 is 18.3 Å². The molecule has 0 spiro atoms. The maximum absolute atomic E-state index is 12.0. The van der Waals surface area contributed by atoms with Gasteiger partial charge in [0.2, 0.25) is 5.91 Å². The Morgan fingerprint density at radius 3 is 2.53 bits per heavy atom. The van der Waals surface area contributed by atoms with Crippen LogP contribution in [0.2, 0.25) is 0 Å². The monoisotopic (exact) mass is 262 g/mol. The Labute approximate surface area is 112 Å². The van der Waals surface area contributed by atoms with Crippen LogP contribution in [0.1, 0.15) is 52.4 Å². The van der Waals surface area contributed by atoms with Crippen LogP contribution in [0.15, 0.2) is 0 Å². The molecule has 1 aliphatic heterocycles. The Kier molecular flexibility index (Phi) is 9.56. The Balaban J connectivity index is 0.00000256. The van der Waals surface area contributed by atoms with Gasteiger partial charge in [-0.05, 0) is 38.8 Å². The molecule has 102 valence electrons. The first-order chi connectivity index (χ1) is 7.77. The van der Waals surface area contributed by atoms with E-state index in [1.165, 1.54) is 6.42 Å². The molecule has 1 aliphatic rings. The second kappa shape index (κ2) is 9.72. The molecule has 0 saturated carbocycles. The third-order valence-electron chi connectivity index (χ3n) is 3.46. The van der Waals surface area contributed by atoms with Crippen molar-refractivity contribution in [2.75, 3.05) is 13.1 Å². The fraction of sp³-hybridized carbons (Fsp3) is 0.923. The zero-order valence-corrected chi connectivity index (χ0v) is 11.9. The standard InChI is InChI=1S/C13H26N2O.ClH/c1-3-5-6-11(4-2)13(16)15-12-7-9-14-10-8-12;/h11-12,14H,3-10H2,1-2H3,(H,15,16);1H. The summed E-state index contributed by atoms with van der Waals surface area (Å²) < 4.78 is 0. The lowest BCUT2D eigenvalue weighted by atomic mass is 9.97. The van der Waals surface area contributed by atoms with E-state index in [9.17, 15) is 4.79 Å². The van der Waals surface area contributed by atoms with Crippen molar-refractivity contribution in [1.82, 2.24) is 10.6 Å². The zero-order valence-electron chi connectivity index (χ0n) is 11.1. The highest BCUT2D eigenvalue weighted by Gasteiger charge is 2.20. The molecule has 0 aliphatic carbocycles. The minimum Gasteiger partial charge on any atom is -0.353 e. The molecule has 4 heteroatoms. The minimum atomic E-state index is 0. The van der Waals surface area contributed by atoms with Gasteiger partial charge in [-0.15, -0.1) is 12.4 Å². The Morgan fingerprint density at radius 2 is 2.00 bits per heavy atom. The van der Waals surface area contributed by atoms with E-state index in [0.717, 1.165) is 45.2 Å². The Morgan fingerprint density at radius 1 is 1.35 bits per heavy atom. The molecule has 1 fully saturated rings. The molecule has 3 nitrogen and oxygen atoms in total. The molecule has 0 aromatic rings. The lowest BCUT2D eigenvalue weighted by Crippen LogP contribution is -2.44. The average Bonchev–Trinajstić information content (AvgIpc) is 2.31. The van der Waals surface area contributed by atoms with Gasteiger partial charge in [0.25, 0.3) is 0 Å². The second-order valence-corrected chi connectivity index (χ2v) is 4.78. The molecule has 1 saturated heterocycles. The van der Waals surface area contributed by atoms with Crippen LogP contribution in [0.4, 0.5) is 0 Å². The number of rotatable bonds is 6. The number of amides is 1. The summed E-state index contributed by atoms with van der Waals surface area (Å²) in [6, 6.07) is 0.407. The molecule has 2 N–H and O–H groups in total. The second-order valence-electron chi connectivity index (χ2n) is 4.78. The van der Waals surface area contributed by atoms with E-state index in [1.54, 1.807) is 0 Å². The highest BCUT2D eigenvalue weighted by atomic mass is 35.5.